The molecule has 4 aromatic heterocycles. The summed E-state index contributed by atoms with van der Waals surface area (Å²) >= 11 is 10.3. The number of aryl methyl sites for hydroxylation is 1. The van der Waals surface area contributed by atoms with E-state index in [9.17, 15) is 5.11 Å². The van der Waals surface area contributed by atoms with Crippen LogP contribution in [0.1, 0.15) is 91.9 Å². The van der Waals surface area contributed by atoms with Crippen LogP contribution in [-0.4, -0.2) is 40.7 Å². The molecule has 0 saturated heterocycles. The third-order valence-electron chi connectivity index (χ3n) is 6.97. The van der Waals surface area contributed by atoms with Crippen LogP contribution in [0.2, 0.25) is 0 Å². The number of aromatic nitrogens is 7. The number of halogens is 3. The number of benzene rings is 1. The fourth-order valence-electron chi connectivity index (χ4n) is 4.19. The van der Waals surface area contributed by atoms with Crippen LogP contribution >= 0.6 is 47.8 Å². The minimum Gasteiger partial charge on any atom is -0.507 e. The van der Waals surface area contributed by atoms with Gasteiger partial charge in [0.05, 0.1) is 0 Å². The number of phenols is 1. The predicted molar refractivity (Wildman–Crippen MR) is 202 cm³/mol. The average Bonchev–Trinajstić information content (AvgIpc) is 3.51. The third kappa shape index (κ3) is 11.6. The van der Waals surface area contributed by atoms with Gasteiger partial charge in [-0.25, -0.2) is 15.0 Å². The molecule has 0 atom stereocenters. The maximum atomic E-state index is 9.91. The van der Waals surface area contributed by atoms with E-state index in [0.717, 1.165) is 54.0 Å². The minimum absolute atomic E-state index is 0.0116. The van der Waals surface area contributed by atoms with Crippen molar-refractivity contribution in [2.75, 3.05) is 0 Å². The first-order chi connectivity index (χ1) is 21.8. The second kappa shape index (κ2) is 15.9. The molecule has 0 aliphatic rings. The Bertz CT molecular complexity index is 1770. The van der Waals surface area contributed by atoms with Gasteiger partial charge >= 0.3 is 0 Å². The number of nitrogens with zero attached hydrogens (tertiary/aromatic N) is 6. The van der Waals surface area contributed by atoms with Gasteiger partial charge in [-0.3, -0.25) is 0 Å². The molecule has 11 heteroatoms. The molecule has 2 N–H and O–H groups in total. The minimum atomic E-state index is -0.0249. The highest BCUT2D eigenvalue weighted by atomic mass is 79.9. The molecule has 0 radical (unpaired) electrons. The average molecular weight is 831 g/mol. The molecule has 0 unspecified atom stereocenters. The predicted octanol–water partition coefficient (Wildman–Crippen LogP) is 10.5. The number of H-pyrrole nitrogens is 1. The van der Waals surface area contributed by atoms with Crippen molar-refractivity contribution < 1.29 is 5.11 Å². The van der Waals surface area contributed by atoms with E-state index < -0.39 is 0 Å². The van der Waals surface area contributed by atoms with Gasteiger partial charge in [0.2, 0.25) is 5.82 Å². The van der Waals surface area contributed by atoms with Gasteiger partial charge in [-0.2, -0.15) is 5.21 Å². The van der Waals surface area contributed by atoms with Gasteiger partial charge < -0.3 is 5.11 Å². The number of para-hydroxylation sites is 1. The Balaban J connectivity index is 0.000000194. The van der Waals surface area contributed by atoms with Gasteiger partial charge in [-0.05, 0) is 113 Å². The van der Waals surface area contributed by atoms with Crippen molar-refractivity contribution in [2.45, 2.75) is 91.9 Å². The molecule has 0 aliphatic heterocycles. The zero-order chi connectivity index (χ0) is 35.2. The van der Waals surface area contributed by atoms with E-state index in [1.807, 2.05) is 42.5 Å². The Labute approximate surface area is 304 Å². The Hall–Kier alpha value is -3.02. The van der Waals surface area contributed by atoms with Crippen molar-refractivity contribution in [3.05, 3.63) is 97.1 Å². The number of hydrogen-bond acceptors (Lipinski definition) is 7. The van der Waals surface area contributed by atoms with Gasteiger partial charge in [0.25, 0.3) is 0 Å². The van der Waals surface area contributed by atoms with Crippen molar-refractivity contribution >= 4 is 47.8 Å². The van der Waals surface area contributed by atoms with Gasteiger partial charge in [0, 0.05) is 44.5 Å². The Morgan fingerprint density at radius 2 is 1.11 bits per heavy atom. The van der Waals surface area contributed by atoms with E-state index in [0.29, 0.717) is 5.82 Å². The summed E-state index contributed by atoms with van der Waals surface area (Å²) in [7, 11) is 0. The van der Waals surface area contributed by atoms with Crippen LogP contribution < -0.4 is 0 Å². The maximum absolute atomic E-state index is 9.91. The van der Waals surface area contributed by atoms with E-state index in [4.69, 9.17) is 0 Å². The molecule has 47 heavy (non-hydrogen) atoms. The molecule has 1 aromatic carbocycles. The molecule has 0 aliphatic carbocycles. The van der Waals surface area contributed by atoms with E-state index in [1.54, 1.807) is 6.07 Å². The molecule has 0 fully saturated rings. The summed E-state index contributed by atoms with van der Waals surface area (Å²) in [5, 5.41) is 23.8. The Kier molecular flexibility index (Phi) is 13.0. The summed E-state index contributed by atoms with van der Waals surface area (Å²) in [6, 6.07) is 19.4. The van der Waals surface area contributed by atoms with E-state index in [2.05, 4.69) is 165 Å². The first-order valence-corrected chi connectivity index (χ1v) is 17.7. The highest BCUT2D eigenvalue weighted by Crippen LogP contribution is 2.33. The summed E-state index contributed by atoms with van der Waals surface area (Å²) < 4.78 is 2.50. The lowest BCUT2D eigenvalue weighted by Gasteiger charge is -2.19. The van der Waals surface area contributed by atoms with E-state index >= 15 is 0 Å². The lowest BCUT2D eigenvalue weighted by molar-refractivity contribution is 0.477. The van der Waals surface area contributed by atoms with Crippen molar-refractivity contribution in [3.8, 4) is 28.3 Å². The highest BCUT2D eigenvalue weighted by molar-refractivity contribution is 9.11. The summed E-state index contributed by atoms with van der Waals surface area (Å²) in [6.45, 7) is 21.4. The van der Waals surface area contributed by atoms with Gasteiger partial charge in [0.1, 0.15) is 19.6 Å². The lowest BCUT2D eigenvalue weighted by Crippen LogP contribution is -2.14. The molecule has 8 nitrogen and oxygen atoms in total. The fraction of sp³-hybridized carbons (Fsp3) is 0.389. The molecule has 5 rings (SSSR count). The Morgan fingerprint density at radius 3 is 1.57 bits per heavy atom. The molecule has 250 valence electrons. The first-order valence-electron chi connectivity index (χ1n) is 15.3. The molecule has 0 spiro atoms. The first kappa shape index (κ1) is 38.4. The SMILES string of the molecule is CC(C)(C)c1cc(-c2ccccc2O)cc(Br)n1.CC(C)(C)c1cc(-c2nn[nH]n2)cc(Br)n1.CCc1cc(Br)nc(C(C)(C)C)c1. The van der Waals surface area contributed by atoms with Crippen molar-refractivity contribution in [3.63, 3.8) is 0 Å². The van der Waals surface area contributed by atoms with Crippen molar-refractivity contribution in [2.24, 2.45) is 0 Å². The van der Waals surface area contributed by atoms with Gasteiger partial charge in [0.15, 0.2) is 0 Å². The number of pyridine rings is 3. The van der Waals surface area contributed by atoms with Gasteiger partial charge in [-0.1, -0.05) is 87.4 Å². The van der Waals surface area contributed by atoms with Crippen molar-refractivity contribution in [1.29, 1.82) is 0 Å². The molecular weight excluding hydrogens is 786 g/mol. The number of rotatable bonds is 3. The second-order valence-electron chi connectivity index (χ2n) is 14.2. The number of nitrogens with one attached hydrogen (secondary N) is 1. The topological polar surface area (TPSA) is 113 Å². The number of aromatic hydroxyl groups is 1. The molecular formula is C36H44Br3N7O. The largest absolute Gasteiger partial charge is 0.507 e. The number of tetrazole rings is 1. The van der Waals surface area contributed by atoms with Crippen LogP contribution in [-0.2, 0) is 22.7 Å². The number of phenolic OH excluding ortho intramolecular Hbond substituents is 1. The van der Waals surface area contributed by atoms with E-state index in [-0.39, 0.29) is 22.0 Å². The lowest BCUT2D eigenvalue weighted by atomic mass is 9.90. The zero-order valence-corrected chi connectivity index (χ0v) is 33.5. The molecule has 0 bridgehead atoms. The molecule has 4 heterocycles. The highest BCUT2D eigenvalue weighted by Gasteiger charge is 2.19. The van der Waals surface area contributed by atoms with Crippen LogP contribution in [0.4, 0.5) is 0 Å². The smallest absolute Gasteiger partial charge is 0.204 e. The summed E-state index contributed by atoms with van der Waals surface area (Å²) in [5.41, 5.74) is 7.27. The Morgan fingerprint density at radius 1 is 0.638 bits per heavy atom. The van der Waals surface area contributed by atoms with Crippen LogP contribution in [0, 0.1) is 0 Å². The quantitative estimate of drug-likeness (QED) is 0.174. The van der Waals surface area contributed by atoms with Crippen molar-refractivity contribution in [1.82, 2.24) is 35.6 Å². The summed E-state index contributed by atoms with van der Waals surface area (Å²) in [6.07, 6.45) is 1.06. The second-order valence-corrected chi connectivity index (χ2v) is 16.6. The molecule has 0 saturated carbocycles. The van der Waals surface area contributed by atoms with Crippen LogP contribution in [0.15, 0.2) is 74.5 Å². The zero-order valence-electron chi connectivity index (χ0n) is 28.7. The van der Waals surface area contributed by atoms with E-state index in [1.165, 1.54) is 5.56 Å². The van der Waals surface area contributed by atoms with Crippen LogP contribution in [0.25, 0.3) is 22.5 Å². The summed E-state index contributed by atoms with van der Waals surface area (Å²) in [4.78, 5) is 13.4. The number of aromatic amines is 1. The molecule has 5 aromatic rings. The standard InChI is InChI=1S/C15H16BrNO.C11H16BrN.C10H12BrN5/c1-15(2,3)13-8-10(9-14(16)17-13)11-6-4-5-7-12(11)18;1-5-8-6-9(11(2,3)4)13-10(12)7-8;1-10(2,3)7-4-6(5-8(11)12-7)9-13-15-16-14-9/h4-9,18H,1-3H3;6-7H,5H2,1-4H3;4-5H,1-3H3,(H,13,14,15,16). The fourth-order valence-corrected chi connectivity index (χ4v) is 5.55. The summed E-state index contributed by atoms with van der Waals surface area (Å²) in [5.74, 6) is 0.865. The van der Waals surface area contributed by atoms with Crippen LogP contribution in [0.3, 0.4) is 0 Å². The van der Waals surface area contributed by atoms with Crippen LogP contribution in [0.5, 0.6) is 5.75 Å². The van der Waals surface area contributed by atoms with Gasteiger partial charge in [-0.15, -0.1) is 10.2 Å². The molecule has 0 amide bonds. The third-order valence-corrected chi connectivity index (χ3v) is 8.19. The number of hydrogen-bond donors (Lipinski definition) is 2. The monoisotopic (exact) mass is 827 g/mol. The normalized spacial score (nSPS) is 11.7. The maximum Gasteiger partial charge on any atom is 0.204 e.